The predicted molar refractivity (Wildman–Crippen MR) is 148 cm³/mol. The highest BCUT2D eigenvalue weighted by atomic mass is 16.5. The number of hydrogen-bond donors (Lipinski definition) is 2. The molecule has 1 saturated carbocycles. The average molecular weight is 550 g/mol. The SMILES string of the molecule is [C-]#[N+][C@@H]1C[C@@]2(CN1C(=O)[C@H](CC(C)(C)C)N(C)C(=O)[C@H](CC1CC1)NC(=O)C1COC1)C(=O)Nc1ccccc12. The summed E-state index contributed by atoms with van der Waals surface area (Å²) < 4.78 is 5.15. The van der Waals surface area contributed by atoms with E-state index >= 15 is 0 Å². The van der Waals surface area contributed by atoms with Gasteiger partial charge in [0.1, 0.15) is 17.5 Å². The van der Waals surface area contributed by atoms with E-state index in [0.717, 1.165) is 18.4 Å². The lowest BCUT2D eigenvalue weighted by molar-refractivity contribution is -0.149. The minimum Gasteiger partial charge on any atom is -0.380 e. The first kappa shape index (κ1) is 28.1. The number of amides is 4. The van der Waals surface area contributed by atoms with E-state index < -0.39 is 23.7 Å². The van der Waals surface area contributed by atoms with Crippen LogP contribution in [0, 0.1) is 23.8 Å². The molecule has 214 valence electrons. The molecule has 0 radical (unpaired) electrons. The van der Waals surface area contributed by atoms with Gasteiger partial charge in [0.2, 0.25) is 17.7 Å². The topological polar surface area (TPSA) is 112 Å². The fourth-order valence-corrected chi connectivity index (χ4v) is 6.10. The standard InChI is InChI=1S/C30H39N5O5/c1-29(2,3)13-23(34(5)26(37)22(12-18-10-11-18)32-25(36)19-15-40-16-19)27(38)35-17-30(14-24(35)31-4)20-8-6-7-9-21(20)33-28(30)39/h6-9,18-19,22-24H,10-17H2,1-3,5H3,(H,32,36)(H,33,39)/t22-,23-,24-,30-/m0/s1. The van der Waals surface area contributed by atoms with E-state index in [1.807, 2.05) is 45.0 Å². The van der Waals surface area contributed by atoms with Gasteiger partial charge in [-0.1, -0.05) is 51.8 Å². The van der Waals surface area contributed by atoms with Crippen molar-refractivity contribution in [1.29, 1.82) is 0 Å². The first-order chi connectivity index (χ1) is 18.9. The van der Waals surface area contributed by atoms with Crippen molar-refractivity contribution in [3.05, 3.63) is 41.2 Å². The van der Waals surface area contributed by atoms with Crippen LogP contribution in [0.3, 0.4) is 0 Å². The van der Waals surface area contributed by atoms with Gasteiger partial charge in [-0.2, -0.15) is 0 Å². The van der Waals surface area contributed by atoms with E-state index in [-0.39, 0.29) is 47.9 Å². The van der Waals surface area contributed by atoms with Gasteiger partial charge < -0.3 is 20.3 Å². The lowest BCUT2D eigenvalue weighted by atomic mass is 9.80. The number of likely N-dealkylation sites (tertiary alicyclic amines) is 1. The van der Waals surface area contributed by atoms with E-state index in [1.54, 1.807) is 7.05 Å². The number of anilines is 1. The van der Waals surface area contributed by atoms with Crippen molar-refractivity contribution in [3.63, 3.8) is 0 Å². The van der Waals surface area contributed by atoms with Crippen LogP contribution in [0.5, 0.6) is 0 Å². The third-order valence-corrected chi connectivity index (χ3v) is 8.68. The molecule has 5 rings (SSSR count). The Morgan fingerprint density at radius 2 is 1.95 bits per heavy atom. The van der Waals surface area contributed by atoms with Crippen LogP contribution in [0.4, 0.5) is 5.69 Å². The summed E-state index contributed by atoms with van der Waals surface area (Å²) in [4.78, 5) is 60.9. The minimum atomic E-state index is -0.996. The second-order valence-electron chi connectivity index (χ2n) is 13.1. The Bertz CT molecular complexity index is 1240. The third-order valence-electron chi connectivity index (χ3n) is 8.68. The van der Waals surface area contributed by atoms with Gasteiger partial charge in [-0.3, -0.25) is 28.9 Å². The lowest BCUT2D eigenvalue weighted by Crippen LogP contribution is -2.57. The molecule has 4 atom stereocenters. The van der Waals surface area contributed by atoms with Gasteiger partial charge in [-0.05, 0) is 35.8 Å². The van der Waals surface area contributed by atoms with Crippen LogP contribution < -0.4 is 10.6 Å². The Morgan fingerprint density at radius 3 is 2.55 bits per heavy atom. The van der Waals surface area contributed by atoms with Crippen molar-refractivity contribution in [2.24, 2.45) is 17.3 Å². The van der Waals surface area contributed by atoms with Gasteiger partial charge in [0, 0.05) is 19.3 Å². The number of para-hydroxylation sites is 1. The zero-order chi connectivity index (χ0) is 28.8. The number of nitrogens with one attached hydrogen (secondary N) is 2. The number of rotatable bonds is 8. The highest BCUT2D eigenvalue weighted by Crippen LogP contribution is 2.47. The molecule has 3 aliphatic heterocycles. The number of ether oxygens (including phenoxy) is 1. The van der Waals surface area contributed by atoms with Crippen molar-refractivity contribution in [2.75, 3.05) is 32.1 Å². The quantitative estimate of drug-likeness (QED) is 0.484. The molecule has 0 bridgehead atoms. The number of carbonyl (C=O) groups excluding carboxylic acids is 4. The molecule has 10 heteroatoms. The molecular weight excluding hydrogens is 510 g/mol. The number of benzene rings is 1. The molecule has 1 aromatic rings. The van der Waals surface area contributed by atoms with E-state index in [9.17, 15) is 19.2 Å². The highest BCUT2D eigenvalue weighted by molar-refractivity contribution is 6.07. The van der Waals surface area contributed by atoms with E-state index in [1.165, 1.54) is 9.80 Å². The molecule has 4 amide bonds. The van der Waals surface area contributed by atoms with E-state index in [4.69, 9.17) is 11.3 Å². The van der Waals surface area contributed by atoms with Crippen LogP contribution in [0.2, 0.25) is 0 Å². The molecule has 4 aliphatic rings. The largest absolute Gasteiger partial charge is 0.380 e. The fourth-order valence-electron chi connectivity index (χ4n) is 6.10. The average Bonchev–Trinajstić information content (AvgIpc) is 3.53. The summed E-state index contributed by atoms with van der Waals surface area (Å²) in [5.74, 6) is -0.931. The van der Waals surface area contributed by atoms with Crippen LogP contribution in [0.25, 0.3) is 4.85 Å². The predicted octanol–water partition coefficient (Wildman–Crippen LogP) is 2.55. The Labute approximate surface area is 235 Å². The number of carbonyl (C=O) groups is 4. The zero-order valence-electron chi connectivity index (χ0n) is 23.7. The molecule has 2 N–H and O–H groups in total. The monoisotopic (exact) mass is 549 g/mol. The van der Waals surface area contributed by atoms with Crippen LogP contribution in [0.1, 0.15) is 58.4 Å². The summed E-state index contributed by atoms with van der Waals surface area (Å²) in [6.45, 7) is 14.7. The summed E-state index contributed by atoms with van der Waals surface area (Å²) in [6.07, 6.45) is 2.32. The molecule has 40 heavy (non-hydrogen) atoms. The van der Waals surface area contributed by atoms with Crippen molar-refractivity contribution < 1.29 is 23.9 Å². The van der Waals surface area contributed by atoms with Crippen molar-refractivity contribution in [3.8, 4) is 0 Å². The van der Waals surface area contributed by atoms with Gasteiger partial charge in [0.25, 0.3) is 5.91 Å². The summed E-state index contributed by atoms with van der Waals surface area (Å²) in [5, 5.41) is 5.86. The molecule has 0 unspecified atom stereocenters. The summed E-state index contributed by atoms with van der Waals surface area (Å²) >= 11 is 0. The zero-order valence-corrected chi connectivity index (χ0v) is 23.7. The molecular formula is C30H39N5O5. The Kier molecular flexibility index (Phi) is 7.38. The smallest absolute Gasteiger partial charge is 0.302 e. The van der Waals surface area contributed by atoms with E-state index in [0.29, 0.717) is 37.7 Å². The van der Waals surface area contributed by atoms with Gasteiger partial charge in [0.05, 0.1) is 25.6 Å². The second-order valence-corrected chi connectivity index (χ2v) is 13.1. The van der Waals surface area contributed by atoms with Crippen molar-refractivity contribution >= 4 is 29.3 Å². The van der Waals surface area contributed by atoms with Crippen LogP contribution in [0.15, 0.2) is 24.3 Å². The number of hydrogen-bond acceptors (Lipinski definition) is 5. The molecule has 2 saturated heterocycles. The molecule has 10 nitrogen and oxygen atoms in total. The van der Waals surface area contributed by atoms with Gasteiger partial charge in [-0.15, -0.1) is 0 Å². The Morgan fingerprint density at radius 1 is 1.25 bits per heavy atom. The lowest BCUT2D eigenvalue weighted by Gasteiger charge is -2.37. The highest BCUT2D eigenvalue weighted by Gasteiger charge is 2.59. The first-order valence-electron chi connectivity index (χ1n) is 14.2. The summed E-state index contributed by atoms with van der Waals surface area (Å²) in [7, 11) is 1.62. The molecule has 0 aromatic heterocycles. The molecule has 1 spiro atoms. The second kappa shape index (κ2) is 10.5. The first-order valence-corrected chi connectivity index (χ1v) is 14.2. The minimum absolute atomic E-state index is 0.0777. The Balaban J connectivity index is 1.41. The van der Waals surface area contributed by atoms with Crippen LogP contribution >= 0.6 is 0 Å². The summed E-state index contributed by atoms with van der Waals surface area (Å²) in [6, 6.07) is 5.84. The van der Waals surface area contributed by atoms with Crippen LogP contribution in [-0.2, 0) is 29.3 Å². The maximum absolute atomic E-state index is 14.3. The van der Waals surface area contributed by atoms with Crippen LogP contribution in [-0.4, -0.2) is 78.5 Å². The maximum atomic E-state index is 14.3. The van der Waals surface area contributed by atoms with E-state index in [2.05, 4.69) is 15.5 Å². The molecule has 3 heterocycles. The summed E-state index contributed by atoms with van der Waals surface area (Å²) in [5.41, 5.74) is 0.201. The van der Waals surface area contributed by atoms with Gasteiger partial charge >= 0.3 is 6.17 Å². The number of fused-ring (bicyclic) bond motifs is 2. The third kappa shape index (κ3) is 5.31. The van der Waals surface area contributed by atoms with Gasteiger partial charge in [-0.25, -0.2) is 6.57 Å². The molecule has 3 fully saturated rings. The normalized spacial score (nSPS) is 25.4. The van der Waals surface area contributed by atoms with Crippen molar-refractivity contribution in [1.82, 2.24) is 15.1 Å². The van der Waals surface area contributed by atoms with Crippen molar-refractivity contribution in [2.45, 2.75) is 76.5 Å². The molecule has 1 aliphatic carbocycles. The number of nitrogens with zero attached hydrogens (tertiary/aromatic N) is 3. The fraction of sp³-hybridized carbons (Fsp3) is 0.633. The maximum Gasteiger partial charge on any atom is 0.302 e. The number of likely N-dealkylation sites (N-methyl/N-ethyl adjacent to an activating group) is 1. The molecule has 1 aromatic carbocycles. The Hall–Kier alpha value is -3.45. The van der Waals surface area contributed by atoms with Gasteiger partial charge in [0.15, 0.2) is 0 Å².